The molecular formula is C8H8NS. The molecule has 0 amide bonds. The maximum Gasteiger partial charge on any atom is 0.0692 e. The van der Waals surface area contributed by atoms with Gasteiger partial charge in [-0.15, -0.1) is 0 Å². The molecule has 0 fully saturated rings. The zero-order valence-electron chi connectivity index (χ0n) is 5.79. The Morgan fingerprint density at radius 3 is 3.10 bits per heavy atom. The van der Waals surface area contributed by atoms with Crippen LogP contribution in [0.2, 0.25) is 0 Å². The fourth-order valence-electron chi connectivity index (χ4n) is 0.787. The molecule has 0 bridgehead atoms. The molecule has 1 unspecified atom stereocenters. The van der Waals surface area contributed by atoms with Crippen molar-refractivity contribution in [3.8, 4) is 5.92 Å². The van der Waals surface area contributed by atoms with E-state index in [1.54, 1.807) is 0 Å². The second-order valence-electron chi connectivity index (χ2n) is 2.03. The van der Waals surface area contributed by atoms with E-state index < -0.39 is 0 Å². The molecule has 1 rings (SSSR count). The Morgan fingerprint density at radius 1 is 1.90 bits per heavy atom. The van der Waals surface area contributed by atoms with Crippen molar-refractivity contribution in [1.82, 2.24) is 4.37 Å². The lowest BCUT2D eigenvalue weighted by Gasteiger charge is -2.00. The minimum Gasteiger partial charge on any atom is -0.196 e. The number of aromatic nitrogens is 1. The third-order valence-electron chi connectivity index (χ3n) is 1.40. The predicted molar refractivity (Wildman–Crippen MR) is 42.3 cm³/mol. The van der Waals surface area contributed by atoms with Gasteiger partial charge in [-0.05, 0) is 30.4 Å². The largest absolute Gasteiger partial charge is 0.196 e. The Balaban J connectivity index is 2.76. The first-order valence-corrected chi connectivity index (χ1v) is 4.04. The van der Waals surface area contributed by atoms with Crippen LogP contribution in [0.15, 0.2) is 11.4 Å². The Labute approximate surface area is 65.3 Å². The monoisotopic (exact) mass is 150 g/mol. The van der Waals surface area contributed by atoms with Crippen molar-refractivity contribution < 1.29 is 0 Å². The standard InChI is InChI=1S/C8H8NS/c1-3-7(4-2)8-5-6-10-9-8/h5-7H,3H2,1H3. The first kappa shape index (κ1) is 7.30. The van der Waals surface area contributed by atoms with E-state index in [1.165, 1.54) is 11.5 Å². The molecule has 51 valence electrons. The van der Waals surface area contributed by atoms with Crippen LogP contribution in [0.1, 0.15) is 25.0 Å². The van der Waals surface area contributed by atoms with Crippen LogP contribution in [0.25, 0.3) is 0 Å². The molecule has 1 aromatic heterocycles. The van der Waals surface area contributed by atoms with E-state index in [0.29, 0.717) is 0 Å². The van der Waals surface area contributed by atoms with Crippen LogP contribution in [0.5, 0.6) is 0 Å². The lowest BCUT2D eigenvalue weighted by Crippen LogP contribution is -1.91. The molecule has 0 aliphatic heterocycles. The molecular weight excluding hydrogens is 142 g/mol. The molecule has 2 heteroatoms. The minimum absolute atomic E-state index is 0.103. The first-order valence-electron chi connectivity index (χ1n) is 3.21. The molecule has 1 nitrogen and oxygen atoms in total. The van der Waals surface area contributed by atoms with Gasteiger partial charge in [0.15, 0.2) is 0 Å². The van der Waals surface area contributed by atoms with Gasteiger partial charge in [-0.3, -0.25) is 0 Å². The van der Waals surface area contributed by atoms with Gasteiger partial charge in [0.25, 0.3) is 0 Å². The van der Waals surface area contributed by atoms with Crippen molar-refractivity contribution >= 4 is 11.5 Å². The van der Waals surface area contributed by atoms with Crippen LogP contribution < -0.4 is 0 Å². The average molecular weight is 150 g/mol. The van der Waals surface area contributed by atoms with Gasteiger partial charge < -0.3 is 0 Å². The molecule has 0 saturated carbocycles. The summed E-state index contributed by atoms with van der Waals surface area (Å²) in [6, 6.07) is 1.94. The van der Waals surface area contributed by atoms with Crippen molar-refractivity contribution in [2.75, 3.05) is 0 Å². The highest BCUT2D eigenvalue weighted by Crippen LogP contribution is 2.16. The zero-order chi connectivity index (χ0) is 7.40. The topological polar surface area (TPSA) is 12.9 Å². The molecule has 0 aromatic carbocycles. The Bertz CT molecular complexity index is 220. The highest BCUT2D eigenvalue weighted by molar-refractivity contribution is 7.03. The summed E-state index contributed by atoms with van der Waals surface area (Å²) < 4.78 is 4.12. The number of hydrogen-bond donors (Lipinski definition) is 0. The van der Waals surface area contributed by atoms with E-state index in [0.717, 1.165) is 12.1 Å². The van der Waals surface area contributed by atoms with Crippen LogP contribution in [0.4, 0.5) is 0 Å². The van der Waals surface area contributed by atoms with Crippen molar-refractivity contribution in [2.24, 2.45) is 0 Å². The molecule has 10 heavy (non-hydrogen) atoms. The van der Waals surface area contributed by atoms with E-state index in [1.807, 2.05) is 18.4 Å². The molecule has 1 radical (unpaired) electrons. The maximum absolute atomic E-state index is 6.95. The smallest absolute Gasteiger partial charge is 0.0692 e. The summed E-state index contributed by atoms with van der Waals surface area (Å²) in [6.07, 6.45) is 7.86. The molecule has 1 heterocycles. The van der Waals surface area contributed by atoms with Gasteiger partial charge in [0, 0.05) is 5.38 Å². The Morgan fingerprint density at radius 2 is 2.70 bits per heavy atom. The van der Waals surface area contributed by atoms with E-state index in [4.69, 9.17) is 6.42 Å². The third-order valence-corrected chi connectivity index (χ3v) is 1.97. The maximum atomic E-state index is 6.95. The quantitative estimate of drug-likeness (QED) is 0.589. The van der Waals surface area contributed by atoms with Gasteiger partial charge in [-0.1, -0.05) is 12.8 Å². The van der Waals surface area contributed by atoms with E-state index in [9.17, 15) is 0 Å². The summed E-state index contributed by atoms with van der Waals surface area (Å²) in [7, 11) is 0. The first-order chi connectivity index (χ1) is 4.88. The Hall–Kier alpha value is -0.810. The van der Waals surface area contributed by atoms with Gasteiger partial charge in [0.2, 0.25) is 0 Å². The van der Waals surface area contributed by atoms with Gasteiger partial charge >= 0.3 is 0 Å². The fraction of sp³-hybridized carbons (Fsp3) is 0.375. The van der Waals surface area contributed by atoms with Gasteiger partial charge in [-0.2, -0.15) is 4.37 Å². The average Bonchev–Trinajstić information content (AvgIpc) is 2.43. The molecule has 1 atom stereocenters. The number of nitrogens with zero attached hydrogens (tertiary/aromatic N) is 1. The molecule has 0 saturated heterocycles. The van der Waals surface area contributed by atoms with Gasteiger partial charge in [-0.25, -0.2) is 0 Å². The number of hydrogen-bond acceptors (Lipinski definition) is 2. The van der Waals surface area contributed by atoms with Crippen LogP contribution in [0.3, 0.4) is 0 Å². The zero-order valence-corrected chi connectivity index (χ0v) is 6.61. The van der Waals surface area contributed by atoms with Crippen molar-refractivity contribution in [2.45, 2.75) is 19.3 Å². The molecule has 1 aromatic rings. The Kier molecular flexibility index (Phi) is 2.47. The normalized spacial score (nSPS) is 12.4. The lowest BCUT2D eigenvalue weighted by molar-refractivity contribution is 0.810. The molecule has 0 N–H and O–H groups in total. The highest BCUT2D eigenvalue weighted by atomic mass is 32.1. The number of rotatable bonds is 2. The van der Waals surface area contributed by atoms with Crippen LogP contribution in [-0.2, 0) is 0 Å². The van der Waals surface area contributed by atoms with Gasteiger partial charge in [0.1, 0.15) is 0 Å². The lowest BCUT2D eigenvalue weighted by atomic mass is 10.0. The summed E-state index contributed by atoms with van der Waals surface area (Å²) in [6.45, 7) is 2.03. The summed E-state index contributed by atoms with van der Waals surface area (Å²) in [4.78, 5) is 0. The van der Waals surface area contributed by atoms with E-state index in [-0.39, 0.29) is 5.92 Å². The van der Waals surface area contributed by atoms with Crippen molar-refractivity contribution in [1.29, 1.82) is 0 Å². The third kappa shape index (κ3) is 1.37. The van der Waals surface area contributed by atoms with Gasteiger partial charge in [0.05, 0.1) is 11.6 Å². The molecule has 0 aliphatic rings. The molecule has 0 spiro atoms. The summed E-state index contributed by atoms with van der Waals surface area (Å²) in [5.41, 5.74) is 0.975. The summed E-state index contributed by atoms with van der Waals surface area (Å²) in [5.74, 6) is 2.55. The fourth-order valence-corrected chi connectivity index (χ4v) is 1.36. The molecule has 0 aliphatic carbocycles. The minimum atomic E-state index is 0.103. The predicted octanol–water partition coefficient (Wildman–Crippen LogP) is 2.23. The second kappa shape index (κ2) is 3.38. The highest BCUT2D eigenvalue weighted by Gasteiger charge is 2.06. The van der Waals surface area contributed by atoms with E-state index >= 15 is 0 Å². The summed E-state index contributed by atoms with van der Waals surface area (Å²) in [5, 5.41) is 1.93. The van der Waals surface area contributed by atoms with Crippen LogP contribution in [0, 0.1) is 12.3 Å². The van der Waals surface area contributed by atoms with Crippen molar-refractivity contribution in [3.05, 3.63) is 23.6 Å². The SMILES string of the molecule is [C]#CC(CC)c1ccsn1. The van der Waals surface area contributed by atoms with Crippen molar-refractivity contribution in [3.63, 3.8) is 0 Å². The summed E-state index contributed by atoms with van der Waals surface area (Å²) >= 11 is 1.43. The van der Waals surface area contributed by atoms with Crippen LogP contribution in [-0.4, -0.2) is 4.37 Å². The second-order valence-corrected chi connectivity index (χ2v) is 2.70. The van der Waals surface area contributed by atoms with E-state index in [2.05, 4.69) is 10.3 Å². The van der Waals surface area contributed by atoms with Crippen LogP contribution >= 0.6 is 11.5 Å².